The zero-order chi connectivity index (χ0) is 11.1. The summed E-state index contributed by atoms with van der Waals surface area (Å²) in [6.45, 7) is -0.110. The Balaban J connectivity index is 2.77. The number of ether oxygens (including phenoxy) is 1. The van der Waals surface area contributed by atoms with Gasteiger partial charge in [0, 0.05) is 5.56 Å². The van der Waals surface area contributed by atoms with Crippen LogP contribution in [0.1, 0.15) is 5.56 Å². The molecule has 0 aromatic heterocycles. The van der Waals surface area contributed by atoms with Gasteiger partial charge in [-0.3, -0.25) is 0 Å². The molecule has 0 heterocycles. The molecule has 1 aromatic carbocycles. The predicted molar refractivity (Wildman–Crippen MR) is 56.2 cm³/mol. The number of benzene rings is 1. The van der Waals surface area contributed by atoms with Gasteiger partial charge in [-0.15, -0.1) is 6.42 Å². The predicted octanol–water partition coefficient (Wildman–Crippen LogP) is 0.869. The molecule has 0 saturated carbocycles. The highest BCUT2D eigenvalue weighted by molar-refractivity contribution is 6.01. The Bertz CT molecular complexity index is 376. The van der Waals surface area contributed by atoms with E-state index in [9.17, 15) is 0 Å². The van der Waals surface area contributed by atoms with Crippen LogP contribution < -0.4 is 4.74 Å². The minimum atomic E-state index is -0.318. The maximum Gasteiger partial charge on any atom is 0.148 e. The van der Waals surface area contributed by atoms with Crippen LogP contribution in [0.3, 0.4) is 0 Å². The van der Waals surface area contributed by atoms with Crippen molar-refractivity contribution in [3.63, 3.8) is 0 Å². The number of rotatable bonds is 4. The van der Waals surface area contributed by atoms with Crippen LogP contribution in [-0.2, 0) is 0 Å². The summed E-state index contributed by atoms with van der Waals surface area (Å²) in [6, 6.07) is 6.73. The van der Waals surface area contributed by atoms with Crippen molar-refractivity contribution in [3.8, 4) is 18.1 Å². The number of oxime groups is 1. The molecule has 0 atom stereocenters. The van der Waals surface area contributed by atoms with Crippen LogP contribution in [0.2, 0.25) is 0 Å². The summed E-state index contributed by atoms with van der Waals surface area (Å²) in [5.41, 5.74) is 0.839. The van der Waals surface area contributed by atoms with Crippen molar-refractivity contribution in [2.45, 2.75) is 0 Å². The third-order valence-corrected chi connectivity index (χ3v) is 1.78. The lowest BCUT2D eigenvalue weighted by molar-refractivity contribution is 0.303. The first kappa shape index (κ1) is 11.1. The molecule has 1 rings (SSSR count). The largest absolute Gasteiger partial charge is 0.481 e. The minimum absolute atomic E-state index is 0.207. The van der Waals surface area contributed by atoms with E-state index in [0.717, 1.165) is 0 Å². The molecule has 0 unspecified atom stereocenters. The molecule has 0 aliphatic carbocycles. The Morgan fingerprint density at radius 2 is 2.07 bits per heavy atom. The zero-order valence-corrected chi connectivity index (χ0v) is 8.05. The molecule has 0 aliphatic heterocycles. The zero-order valence-electron chi connectivity index (χ0n) is 8.05. The van der Waals surface area contributed by atoms with E-state index in [4.69, 9.17) is 21.5 Å². The standard InChI is InChI=1S/C11H11NO3/c1-2-7-15-10-5-3-9(4-6-10)11(8-13)12-14/h1,3-6,13-14H,7-8H2. The van der Waals surface area contributed by atoms with E-state index in [2.05, 4.69) is 11.1 Å². The van der Waals surface area contributed by atoms with E-state index in [1.165, 1.54) is 0 Å². The Hall–Kier alpha value is -1.99. The van der Waals surface area contributed by atoms with E-state index in [1.807, 2.05) is 0 Å². The van der Waals surface area contributed by atoms with Crippen LogP contribution in [0.15, 0.2) is 29.4 Å². The third kappa shape index (κ3) is 3.01. The molecule has 0 fully saturated rings. The fraction of sp³-hybridized carbons (Fsp3) is 0.182. The summed E-state index contributed by atoms with van der Waals surface area (Å²) in [6.07, 6.45) is 5.04. The molecule has 78 valence electrons. The Labute approximate surface area is 87.8 Å². The van der Waals surface area contributed by atoms with Gasteiger partial charge in [-0.05, 0) is 24.3 Å². The van der Waals surface area contributed by atoms with Crippen LogP contribution in [0.5, 0.6) is 5.75 Å². The van der Waals surface area contributed by atoms with Crippen LogP contribution in [0, 0.1) is 12.3 Å². The molecule has 4 heteroatoms. The van der Waals surface area contributed by atoms with Crippen LogP contribution in [-0.4, -0.2) is 29.2 Å². The van der Waals surface area contributed by atoms with Crippen molar-refractivity contribution in [1.29, 1.82) is 0 Å². The van der Waals surface area contributed by atoms with Gasteiger partial charge in [0.1, 0.15) is 18.1 Å². The van der Waals surface area contributed by atoms with Crippen molar-refractivity contribution in [2.24, 2.45) is 5.16 Å². The molecule has 1 aromatic rings. The van der Waals surface area contributed by atoms with Gasteiger partial charge in [-0.25, -0.2) is 0 Å². The molecule has 15 heavy (non-hydrogen) atoms. The van der Waals surface area contributed by atoms with Gasteiger partial charge >= 0.3 is 0 Å². The third-order valence-electron chi connectivity index (χ3n) is 1.78. The summed E-state index contributed by atoms with van der Waals surface area (Å²) in [5, 5.41) is 20.4. The van der Waals surface area contributed by atoms with Gasteiger partial charge < -0.3 is 15.1 Å². The van der Waals surface area contributed by atoms with Gasteiger partial charge in [0.2, 0.25) is 0 Å². The lowest BCUT2D eigenvalue weighted by atomic mass is 10.1. The van der Waals surface area contributed by atoms with Crippen LogP contribution >= 0.6 is 0 Å². The SMILES string of the molecule is C#CCOc1ccc(C(CO)=NO)cc1. The molecular formula is C11H11NO3. The first-order valence-electron chi connectivity index (χ1n) is 4.30. The van der Waals surface area contributed by atoms with Gasteiger partial charge in [-0.2, -0.15) is 0 Å². The highest BCUT2D eigenvalue weighted by Crippen LogP contribution is 2.12. The van der Waals surface area contributed by atoms with Crippen LogP contribution in [0.25, 0.3) is 0 Å². The average molecular weight is 205 g/mol. The second-order valence-corrected chi connectivity index (χ2v) is 2.72. The number of hydrogen-bond acceptors (Lipinski definition) is 4. The first-order valence-corrected chi connectivity index (χ1v) is 4.30. The fourth-order valence-corrected chi connectivity index (χ4v) is 1.05. The van der Waals surface area contributed by atoms with Gasteiger partial charge in [0.15, 0.2) is 0 Å². The van der Waals surface area contributed by atoms with Crippen molar-refractivity contribution < 1.29 is 15.1 Å². The van der Waals surface area contributed by atoms with Crippen molar-refractivity contribution in [3.05, 3.63) is 29.8 Å². The molecular weight excluding hydrogens is 194 g/mol. The summed E-state index contributed by atoms with van der Waals surface area (Å²) in [4.78, 5) is 0. The topological polar surface area (TPSA) is 62.0 Å². The summed E-state index contributed by atoms with van der Waals surface area (Å²) in [7, 11) is 0. The van der Waals surface area contributed by atoms with E-state index in [-0.39, 0.29) is 18.9 Å². The highest BCUT2D eigenvalue weighted by Gasteiger charge is 2.02. The summed E-state index contributed by atoms with van der Waals surface area (Å²) in [5.74, 6) is 2.98. The molecule has 0 amide bonds. The number of terminal acetylenes is 1. The van der Waals surface area contributed by atoms with Crippen molar-refractivity contribution in [1.82, 2.24) is 0 Å². The average Bonchev–Trinajstić information content (AvgIpc) is 2.29. The maximum absolute atomic E-state index is 8.84. The fourth-order valence-electron chi connectivity index (χ4n) is 1.05. The number of hydrogen-bond donors (Lipinski definition) is 2. The number of nitrogens with zero attached hydrogens (tertiary/aromatic N) is 1. The van der Waals surface area contributed by atoms with Gasteiger partial charge in [0.25, 0.3) is 0 Å². The molecule has 0 bridgehead atoms. The highest BCUT2D eigenvalue weighted by atomic mass is 16.5. The number of aliphatic hydroxyl groups is 1. The quantitative estimate of drug-likeness (QED) is 0.332. The van der Waals surface area contributed by atoms with Crippen LogP contribution in [0.4, 0.5) is 0 Å². The molecule has 0 spiro atoms. The van der Waals surface area contributed by atoms with Crippen molar-refractivity contribution in [2.75, 3.05) is 13.2 Å². The lowest BCUT2D eigenvalue weighted by Crippen LogP contribution is -2.06. The van der Waals surface area contributed by atoms with E-state index >= 15 is 0 Å². The first-order chi connectivity index (χ1) is 7.31. The molecule has 0 saturated heterocycles. The Morgan fingerprint density at radius 3 is 2.53 bits per heavy atom. The number of aliphatic hydroxyl groups excluding tert-OH is 1. The van der Waals surface area contributed by atoms with E-state index in [1.54, 1.807) is 24.3 Å². The smallest absolute Gasteiger partial charge is 0.148 e. The molecule has 0 aliphatic rings. The second-order valence-electron chi connectivity index (χ2n) is 2.72. The normalized spacial score (nSPS) is 10.8. The van der Waals surface area contributed by atoms with Gasteiger partial charge in [-0.1, -0.05) is 11.1 Å². The summed E-state index contributed by atoms with van der Waals surface area (Å²) >= 11 is 0. The maximum atomic E-state index is 8.84. The molecule has 0 radical (unpaired) electrons. The van der Waals surface area contributed by atoms with Gasteiger partial charge in [0.05, 0.1) is 6.61 Å². The van der Waals surface area contributed by atoms with Crippen molar-refractivity contribution >= 4 is 5.71 Å². The van der Waals surface area contributed by atoms with E-state index < -0.39 is 0 Å². The summed E-state index contributed by atoms with van der Waals surface area (Å²) < 4.78 is 5.16. The molecule has 4 nitrogen and oxygen atoms in total. The lowest BCUT2D eigenvalue weighted by Gasteiger charge is -2.04. The Kier molecular flexibility index (Phi) is 4.20. The second kappa shape index (κ2) is 5.68. The monoisotopic (exact) mass is 205 g/mol. The molecule has 2 N–H and O–H groups in total. The van der Waals surface area contributed by atoms with E-state index in [0.29, 0.717) is 11.3 Å². The Morgan fingerprint density at radius 1 is 1.40 bits per heavy atom. The minimum Gasteiger partial charge on any atom is -0.481 e.